The van der Waals surface area contributed by atoms with Crippen LogP contribution in [0.3, 0.4) is 0 Å². The van der Waals surface area contributed by atoms with Crippen LogP contribution >= 0.6 is 0 Å². The van der Waals surface area contributed by atoms with Crippen LogP contribution in [0.1, 0.15) is 140 Å². The molecule has 7 rings (SSSR count). The van der Waals surface area contributed by atoms with Crippen molar-refractivity contribution in [3.8, 4) is 5.88 Å². The minimum Gasteiger partial charge on any atom is -0.495 e. The normalized spacial score (nSPS) is 22.3. The number of rotatable bonds is 6. The highest BCUT2D eigenvalue weighted by atomic mass is 16.5. The zero-order chi connectivity index (χ0) is 33.3. The van der Waals surface area contributed by atoms with Crippen LogP contribution in [-0.2, 0) is 14.9 Å². The number of hydrogen-bond donors (Lipinski definition) is 1. The number of nitrogens with zero attached hydrogens (tertiary/aromatic N) is 3. The maximum absolute atomic E-state index is 14.2. The average molecular weight is 643 g/mol. The van der Waals surface area contributed by atoms with Crippen molar-refractivity contribution in [2.75, 3.05) is 13.7 Å². The highest BCUT2D eigenvalue weighted by molar-refractivity contribution is 6.40. The summed E-state index contributed by atoms with van der Waals surface area (Å²) >= 11 is 0. The molecule has 1 aromatic heterocycles. The Balaban J connectivity index is 0.00000190. The van der Waals surface area contributed by atoms with E-state index >= 15 is 0 Å². The van der Waals surface area contributed by atoms with Gasteiger partial charge in [0, 0.05) is 29.8 Å². The Morgan fingerprint density at radius 1 is 0.872 bits per heavy atom. The van der Waals surface area contributed by atoms with Gasteiger partial charge in [-0.1, -0.05) is 89.8 Å². The molecule has 0 radical (unpaired) electrons. The Morgan fingerprint density at radius 3 is 2.04 bits per heavy atom. The lowest BCUT2D eigenvalue weighted by atomic mass is 9.66. The summed E-state index contributed by atoms with van der Waals surface area (Å²) in [5.41, 5.74) is 2.87. The molecule has 1 N–H and O–H groups in total. The zero-order valence-corrected chi connectivity index (χ0v) is 28.8. The molecular formula is C39H52N3O5+. The van der Waals surface area contributed by atoms with Gasteiger partial charge in [0.25, 0.3) is 5.56 Å². The molecule has 0 bridgehead atoms. The molecule has 252 valence electrons. The summed E-state index contributed by atoms with van der Waals surface area (Å²) in [6, 6.07) is 8.14. The van der Waals surface area contributed by atoms with E-state index in [1.807, 2.05) is 19.9 Å². The third kappa shape index (κ3) is 5.36. The summed E-state index contributed by atoms with van der Waals surface area (Å²) in [7, 11) is 1.52. The maximum atomic E-state index is 14.2. The van der Waals surface area contributed by atoms with Crippen molar-refractivity contribution >= 4 is 22.8 Å². The number of allylic oxidation sites excluding steroid dienone is 3. The highest BCUT2D eigenvalue weighted by Crippen LogP contribution is 2.50. The summed E-state index contributed by atoms with van der Waals surface area (Å²) in [4.78, 5) is 42.5. The Bertz CT molecular complexity index is 1740. The maximum Gasteiger partial charge on any atom is 0.334 e. The Morgan fingerprint density at radius 2 is 1.45 bits per heavy atom. The van der Waals surface area contributed by atoms with E-state index in [4.69, 9.17) is 4.74 Å². The topological polar surface area (TPSA) is 93.5 Å². The van der Waals surface area contributed by atoms with Crippen molar-refractivity contribution in [2.45, 2.75) is 135 Å². The Hall–Kier alpha value is -3.68. The van der Waals surface area contributed by atoms with Crippen LogP contribution in [-0.4, -0.2) is 44.0 Å². The molecule has 2 aromatic rings. The third-order valence-electron chi connectivity index (χ3n) is 11.4. The minimum absolute atomic E-state index is 0.0795. The molecular weight excluding hydrogens is 590 g/mol. The van der Waals surface area contributed by atoms with Crippen LogP contribution in [0.2, 0.25) is 0 Å². The van der Waals surface area contributed by atoms with Crippen molar-refractivity contribution < 1.29 is 19.2 Å². The SMILES string of the molecule is CC.CC[N+]1=C(/C=C2\C(=O)C(c3c(O)n(C4CCCCC4)c(=O)n(C4CCCCC4)c3=O)=C2OC)C2(CCCCC2)c2ccccc21. The second-order valence-corrected chi connectivity index (χ2v) is 13.7. The van der Waals surface area contributed by atoms with E-state index in [0.717, 1.165) is 102 Å². The highest BCUT2D eigenvalue weighted by Gasteiger charge is 2.52. The van der Waals surface area contributed by atoms with Gasteiger partial charge < -0.3 is 9.84 Å². The first-order valence-electron chi connectivity index (χ1n) is 18.3. The molecule has 47 heavy (non-hydrogen) atoms. The first-order valence-corrected chi connectivity index (χ1v) is 18.3. The molecule has 8 heteroatoms. The van der Waals surface area contributed by atoms with Gasteiger partial charge in [-0.05, 0) is 45.4 Å². The fraction of sp³-hybridized carbons (Fsp3) is 0.590. The molecule has 5 aliphatic rings. The number of carbonyl (C=O) groups is 1. The molecule has 2 heterocycles. The van der Waals surface area contributed by atoms with Gasteiger partial charge in [0.2, 0.25) is 17.4 Å². The number of benzene rings is 1. The summed E-state index contributed by atoms with van der Waals surface area (Å²) in [5.74, 6) is -0.378. The van der Waals surface area contributed by atoms with Crippen molar-refractivity contribution in [2.24, 2.45) is 0 Å². The van der Waals surface area contributed by atoms with E-state index < -0.39 is 11.2 Å². The predicted molar refractivity (Wildman–Crippen MR) is 186 cm³/mol. The number of para-hydroxylation sites is 1. The number of fused-ring (bicyclic) bond motifs is 2. The van der Waals surface area contributed by atoms with E-state index in [9.17, 15) is 19.5 Å². The number of ether oxygens (including phenoxy) is 1. The molecule has 1 aliphatic heterocycles. The number of aromatic hydroxyl groups is 1. The molecule has 3 saturated carbocycles. The summed E-state index contributed by atoms with van der Waals surface area (Å²) in [6.45, 7) is 6.91. The summed E-state index contributed by atoms with van der Waals surface area (Å²) < 4.78 is 11.0. The Labute approximate surface area is 278 Å². The van der Waals surface area contributed by atoms with E-state index in [2.05, 4.69) is 35.8 Å². The second-order valence-electron chi connectivity index (χ2n) is 13.7. The van der Waals surface area contributed by atoms with Crippen LogP contribution < -0.4 is 11.2 Å². The molecule has 0 atom stereocenters. The lowest BCUT2D eigenvalue weighted by Crippen LogP contribution is -2.46. The summed E-state index contributed by atoms with van der Waals surface area (Å²) in [6.07, 6.45) is 16.5. The van der Waals surface area contributed by atoms with Crippen molar-refractivity contribution in [3.05, 3.63) is 73.6 Å². The van der Waals surface area contributed by atoms with Gasteiger partial charge in [0.15, 0.2) is 5.71 Å². The van der Waals surface area contributed by atoms with Gasteiger partial charge in [-0.2, -0.15) is 4.58 Å². The molecule has 1 aromatic carbocycles. The van der Waals surface area contributed by atoms with Crippen LogP contribution in [0.4, 0.5) is 5.69 Å². The Kier molecular flexibility index (Phi) is 9.77. The van der Waals surface area contributed by atoms with Crippen molar-refractivity contribution in [1.82, 2.24) is 9.13 Å². The number of ketones is 1. The zero-order valence-electron chi connectivity index (χ0n) is 28.8. The fourth-order valence-corrected chi connectivity index (χ4v) is 9.18. The van der Waals surface area contributed by atoms with E-state index in [0.29, 0.717) is 11.3 Å². The first-order chi connectivity index (χ1) is 22.9. The number of hydrogen-bond acceptors (Lipinski definition) is 5. The molecule has 0 amide bonds. The molecule has 1 spiro atoms. The molecule has 8 nitrogen and oxygen atoms in total. The number of Topliss-reactive ketones (excluding diaryl/α,β-unsaturated/α-hetero) is 1. The van der Waals surface area contributed by atoms with Gasteiger partial charge in [0.05, 0.1) is 23.7 Å². The van der Waals surface area contributed by atoms with Crippen molar-refractivity contribution in [3.63, 3.8) is 0 Å². The van der Waals surface area contributed by atoms with Gasteiger partial charge in [-0.25, -0.2) is 4.79 Å². The molecule has 0 unspecified atom stereocenters. The quantitative estimate of drug-likeness (QED) is 0.258. The van der Waals surface area contributed by atoms with Crippen LogP contribution in [0.15, 0.2) is 51.3 Å². The van der Waals surface area contributed by atoms with Crippen LogP contribution in [0.25, 0.3) is 5.57 Å². The summed E-state index contributed by atoms with van der Waals surface area (Å²) in [5, 5.41) is 11.7. The van der Waals surface area contributed by atoms with Gasteiger partial charge in [0.1, 0.15) is 17.9 Å². The predicted octanol–water partition coefficient (Wildman–Crippen LogP) is 7.64. The van der Waals surface area contributed by atoms with Gasteiger partial charge >= 0.3 is 5.69 Å². The lowest BCUT2D eigenvalue weighted by Gasteiger charge is -2.33. The molecule has 4 aliphatic carbocycles. The second kappa shape index (κ2) is 13.8. The number of methoxy groups -OCH3 is 1. The smallest absolute Gasteiger partial charge is 0.334 e. The monoisotopic (exact) mass is 642 g/mol. The van der Waals surface area contributed by atoms with Crippen molar-refractivity contribution in [1.29, 1.82) is 0 Å². The average Bonchev–Trinajstić information content (AvgIpc) is 3.36. The van der Waals surface area contributed by atoms with E-state index in [1.54, 1.807) is 0 Å². The largest absolute Gasteiger partial charge is 0.495 e. The third-order valence-corrected chi connectivity index (χ3v) is 11.4. The standard InChI is InChI=1S/C37H45N3O5.C2H6/c1-3-38-28-20-12-11-19-27(28)37(21-13-6-14-22-37)29(38)23-26-32(41)30(33(26)45-2)31-34(42)39(24-15-7-4-8-16-24)36(44)40(35(31)43)25-17-9-5-10-18-25;1-2/h11-12,19-20,23-25H,3-10,13-18,21-22H2,1-2H3;1-2H3/p+1. The van der Waals surface area contributed by atoms with Gasteiger partial charge in [-0.15, -0.1) is 0 Å². The first kappa shape index (κ1) is 33.2. The molecule has 3 fully saturated rings. The molecule has 0 saturated heterocycles. The van der Waals surface area contributed by atoms with Crippen LogP contribution in [0, 0.1) is 0 Å². The van der Waals surface area contributed by atoms with Crippen LogP contribution in [0.5, 0.6) is 5.88 Å². The van der Waals surface area contributed by atoms with E-state index in [-0.39, 0.29) is 40.3 Å². The van der Waals surface area contributed by atoms with Gasteiger partial charge in [-0.3, -0.25) is 18.7 Å². The number of aromatic nitrogens is 2. The minimum atomic E-state index is -0.576. The fourth-order valence-electron chi connectivity index (χ4n) is 9.18. The number of carbonyl (C=O) groups excluding carboxylic acids is 1. The van der Waals surface area contributed by atoms with E-state index in [1.165, 1.54) is 33.9 Å². The lowest BCUT2D eigenvalue weighted by molar-refractivity contribution is -0.433.